The Morgan fingerprint density at radius 1 is 0.931 bits per heavy atom. The summed E-state index contributed by atoms with van der Waals surface area (Å²) < 4.78 is 5.58. The number of aromatic nitrogens is 1. The zero-order valence-electron chi connectivity index (χ0n) is 32.0. The van der Waals surface area contributed by atoms with Crippen LogP contribution >= 0.6 is 23.1 Å². The number of para-hydroxylation sites is 1. The SMILES string of the molecule is CC(C)(C)OC(=O)N1CCc2c(sc(NC(=O)C(Sc3cccc(NC(=O)/C(=C/c4c[nH]c5ccccc45)NC(=O)c4ccccc4)c3)c3ccccc3)c2C#N)C1. The van der Waals surface area contributed by atoms with Gasteiger partial charge in [-0.2, -0.15) is 5.26 Å². The fourth-order valence-corrected chi connectivity index (χ4v) is 8.76. The maximum absolute atomic E-state index is 14.2. The molecule has 4 N–H and O–H groups in total. The molecule has 3 heterocycles. The Labute approximate surface area is 344 Å². The second-order valence-electron chi connectivity index (χ2n) is 14.5. The largest absolute Gasteiger partial charge is 0.444 e. The summed E-state index contributed by atoms with van der Waals surface area (Å²) in [5.41, 5.74) is 3.82. The number of benzene rings is 4. The van der Waals surface area contributed by atoms with Gasteiger partial charge in [-0.3, -0.25) is 14.4 Å². The number of hydrogen-bond donors (Lipinski definition) is 4. The van der Waals surface area contributed by atoms with Gasteiger partial charge in [0.1, 0.15) is 27.6 Å². The van der Waals surface area contributed by atoms with Crippen LogP contribution in [0, 0.1) is 11.3 Å². The molecule has 4 aromatic carbocycles. The first-order valence-electron chi connectivity index (χ1n) is 18.6. The van der Waals surface area contributed by atoms with Crippen molar-refractivity contribution in [3.63, 3.8) is 0 Å². The highest BCUT2D eigenvalue weighted by molar-refractivity contribution is 8.00. The molecule has 0 fully saturated rings. The number of hydrogen-bond acceptors (Lipinski definition) is 8. The predicted octanol–water partition coefficient (Wildman–Crippen LogP) is 9.28. The van der Waals surface area contributed by atoms with Crippen molar-refractivity contribution in [2.24, 2.45) is 0 Å². The molecule has 1 aliphatic rings. The lowest BCUT2D eigenvalue weighted by Crippen LogP contribution is -2.39. The number of ether oxygens (including phenoxy) is 1. The van der Waals surface area contributed by atoms with Gasteiger partial charge in [0.05, 0.1) is 12.1 Å². The van der Waals surface area contributed by atoms with Gasteiger partial charge < -0.3 is 30.6 Å². The number of rotatable bonds is 10. The molecule has 0 saturated carbocycles. The van der Waals surface area contributed by atoms with Crippen LogP contribution in [0.5, 0.6) is 0 Å². The molecule has 292 valence electrons. The van der Waals surface area contributed by atoms with Gasteiger partial charge >= 0.3 is 6.09 Å². The Morgan fingerprint density at radius 3 is 2.40 bits per heavy atom. The smallest absolute Gasteiger partial charge is 0.410 e. The molecule has 1 aliphatic heterocycles. The summed E-state index contributed by atoms with van der Waals surface area (Å²) in [6.45, 7) is 6.13. The molecular weight excluding hydrogens is 769 g/mol. The number of carbonyl (C=O) groups is 4. The van der Waals surface area contributed by atoms with E-state index in [1.54, 1.807) is 59.6 Å². The second kappa shape index (κ2) is 17.3. The molecule has 0 aliphatic carbocycles. The summed E-state index contributed by atoms with van der Waals surface area (Å²) in [4.78, 5) is 60.6. The van der Waals surface area contributed by atoms with E-state index in [-0.39, 0.29) is 18.1 Å². The van der Waals surface area contributed by atoms with Crippen molar-refractivity contribution in [1.82, 2.24) is 15.2 Å². The lowest BCUT2D eigenvalue weighted by Gasteiger charge is -2.29. The van der Waals surface area contributed by atoms with E-state index in [2.05, 4.69) is 27.0 Å². The van der Waals surface area contributed by atoms with Crippen LogP contribution in [0.2, 0.25) is 0 Å². The molecule has 11 nitrogen and oxygen atoms in total. The molecule has 0 saturated heterocycles. The number of amides is 4. The van der Waals surface area contributed by atoms with E-state index in [4.69, 9.17) is 4.74 Å². The van der Waals surface area contributed by atoms with Gasteiger partial charge in [-0.1, -0.05) is 72.8 Å². The highest BCUT2D eigenvalue weighted by atomic mass is 32.2. The molecular formula is C45H40N6O5S2. The third-order valence-corrected chi connectivity index (χ3v) is 11.6. The number of fused-ring (bicyclic) bond motifs is 2. The number of thioether (sulfide) groups is 1. The fraction of sp³-hybridized carbons (Fsp3) is 0.178. The third-order valence-electron chi connectivity index (χ3n) is 9.19. The van der Waals surface area contributed by atoms with Crippen molar-refractivity contribution < 1.29 is 23.9 Å². The third kappa shape index (κ3) is 9.32. The van der Waals surface area contributed by atoms with Gasteiger partial charge in [-0.25, -0.2) is 4.79 Å². The molecule has 58 heavy (non-hydrogen) atoms. The normalized spacial score (nSPS) is 13.2. The van der Waals surface area contributed by atoms with Crippen LogP contribution in [0.1, 0.15) is 63.5 Å². The van der Waals surface area contributed by atoms with E-state index in [0.717, 1.165) is 32.5 Å². The Bertz CT molecular complexity index is 2570. The molecule has 0 spiro atoms. The summed E-state index contributed by atoms with van der Waals surface area (Å²) >= 11 is 2.58. The number of nitrogens with zero attached hydrogens (tertiary/aromatic N) is 2. The van der Waals surface area contributed by atoms with Gasteiger partial charge in [-0.05, 0) is 80.8 Å². The number of carbonyl (C=O) groups excluding carboxylic acids is 4. The average Bonchev–Trinajstić information content (AvgIpc) is 3.79. The van der Waals surface area contributed by atoms with Crippen molar-refractivity contribution >= 4 is 74.6 Å². The van der Waals surface area contributed by atoms with E-state index < -0.39 is 28.8 Å². The van der Waals surface area contributed by atoms with Crippen molar-refractivity contribution in [3.05, 3.63) is 154 Å². The summed E-state index contributed by atoms with van der Waals surface area (Å²) in [5, 5.41) is 19.5. The Hall–Kier alpha value is -6.62. The number of H-pyrrole nitrogens is 1. The maximum atomic E-state index is 14.2. The second-order valence-corrected chi connectivity index (χ2v) is 16.8. The van der Waals surface area contributed by atoms with E-state index >= 15 is 0 Å². The summed E-state index contributed by atoms with van der Waals surface area (Å²) in [7, 11) is 0. The first-order valence-corrected chi connectivity index (χ1v) is 20.3. The van der Waals surface area contributed by atoms with Crippen molar-refractivity contribution in [2.75, 3.05) is 17.2 Å². The van der Waals surface area contributed by atoms with Crippen molar-refractivity contribution in [3.8, 4) is 6.07 Å². The standard InChI is InChI=1S/C45H40N6O5S2/c1-45(2,3)56-44(55)51-22-21-34-35(25-46)43(58-38(34)27-51)50-42(54)39(28-13-6-4-7-14-28)57-32-18-12-17-31(24-32)48-41(53)37(49-40(52)29-15-8-5-9-16-29)23-30-26-47-36-20-11-10-19-33(30)36/h4-20,23-24,26,39,47H,21-22,27H2,1-3H3,(H,48,53)(H,49,52)(H,50,54)/b37-23-. The lowest BCUT2D eigenvalue weighted by molar-refractivity contribution is -0.116. The van der Waals surface area contributed by atoms with Crippen LogP contribution in [-0.2, 0) is 27.3 Å². The molecule has 7 rings (SSSR count). The summed E-state index contributed by atoms with van der Waals surface area (Å²) in [6.07, 6.45) is 3.46. The van der Waals surface area contributed by atoms with Crippen molar-refractivity contribution in [1.29, 1.82) is 5.26 Å². The molecule has 0 radical (unpaired) electrons. The number of anilines is 2. The Kier molecular flexibility index (Phi) is 11.8. The molecule has 6 aromatic rings. The van der Waals surface area contributed by atoms with Gasteiger partial charge in [0.15, 0.2) is 0 Å². The minimum absolute atomic E-state index is 0.0411. The first kappa shape index (κ1) is 39.6. The first-order chi connectivity index (χ1) is 28.0. The molecule has 0 bridgehead atoms. The van der Waals surface area contributed by atoms with Crippen LogP contribution in [0.25, 0.3) is 17.0 Å². The van der Waals surface area contributed by atoms with E-state index in [0.29, 0.717) is 39.7 Å². The summed E-state index contributed by atoms with van der Waals surface area (Å²) in [6, 6.07) is 35.0. The van der Waals surface area contributed by atoms with Crippen LogP contribution in [0.3, 0.4) is 0 Å². The molecule has 1 unspecified atom stereocenters. The predicted molar refractivity (Wildman–Crippen MR) is 228 cm³/mol. The fourth-order valence-electron chi connectivity index (χ4n) is 6.46. The van der Waals surface area contributed by atoms with Crippen LogP contribution in [-0.4, -0.2) is 45.8 Å². The topological polar surface area (TPSA) is 156 Å². The van der Waals surface area contributed by atoms with Gasteiger partial charge in [-0.15, -0.1) is 23.1 Å². The monoisotopic (exact) mass is 808 g/mol. The minimum Gasteiger partial charge on any atom is -0.444 e. The van der Waals surface area contributed by atoms with Crippen molar-refractivity contribution in [2.45, 2.75) is 49.5 Å². The molecule has 4 amide bonds. The van der Waals surface area contributed by atoms with E-state index in [1.807, 2.05) is 87.5 Å². The maximum Gasteiger partial charge on any atom is 0.410 e. The van der Waals surface area contributed by atoms with Crippen LogP contribution < -0.4 is 16.0 Å². The highest BCUT2D eigenvalue weighted by Crippen LogP contribution is 2.41. The Morgan fingerprint density at radius 2 is 1.66 bits per heavy atom. The zero-order chi connectivity index (χ0) is 40.8. The lowest BCUT2D eigenvalue weighted by atomic mass is 10.0. The van der Waals surface area contributed by atoms with Crippen LogP contribution in [0.4, 0.5) is 15.5 Å². The average molecular weight is 809 g/mol. The van der Waals surface area contributed by atoms with Gasteiger partial charge in [0, 0.05) is 50.2 Å². The number of nitrogens with one attached hydrogen (secondary N) is 4. The zero-order valence-corrected chi connectivity index (χ0v) is 33.6. The number of thiophene rings is 1. The minimum atomic E-state index is -0.737. The van der Waals surface area contributed by atoms with E-state index in [9.17, 15) is 24.4 Å². The Balaban J connectivity index is 1.11. The summed E-state index contributed by atoms with van der Waals surface area (Å²) in [5.74, 6) is -1.31. The molecule has 1 atom stereocenters. The number of nitriles is 1. The van der Waals surface area contributed by atoms with E-state index in [1.165, 1.54) is 23.1 Å². The number of aromatic amines is 1. The van der Waals surface area contributed by atoms with Gasteiger partial charge in [0.25, 0.3) is 11.8 Å². The highest BCUT2D eigenvalue weighted by Gasteiger charge is 2.31. The molecule has 2 aromatic heterocycles. The van der Waals surface area contributed by atoms with Crippen LogP contribution in [0.15, 0.2) is 126 Å². The van der Waals surface area contributed by atoms with Gasteiger partial charge in [0.2, 0.25) is 5.91 Å². The molecule has 13 heteroatoms. The quantitative estimate of drug-likeness (QED) is 0.0794.